The fourth-order valence-electron chi connectivity index (χ4n) is 2.16. The summed E-state index contributed by atoms with van der Waals surface area (Å²) in [5, 5.41) is 31.3. The van der Waals surface area contributed by atoms with Crippen molar-refractivity contribution < 1.29 is 19.9 Å². The van der Waals surface area contributed by atoms with Gasteiger partial charge in [0.15, 0.2) is 0 Å². The number of anilines is 1. The van der Waals surface area contributed by atoms with Crippen molar-refractivity contribution >= 4 is 24.2 Å². The van der Waals surface area contributed by atoms with Gasteiger partial charge in [-0.25, -0.2) is 0 Å². The molecule has 126 valence electrons. The van der Waals surface area contributed by atoms with Crippen molar-refractivity contribution in [3.8, 4) is 5.75 Å². The Morgan fingerprint density at radius 2 is 2.09 bits per heavy atom. The van der Waals surface area contributed by atoms with Crippen LogP contribution < -0.4 is 22.2 Å². The van der Waals surface area contributed by atoms with E-state index in [4.69, 9.17) is 11.5 Å². The van der Waals surface area contributed by atoms with Crippen LogP contribution in [0.2, 0.25) is 0 Å². The molecule has 0 radical (unpaired) electrons. The van der Waals surface area contributed by atoms with Gasteiger partial charge in [-0.05, 0) is 37.4 Å². The van der Waals surface area contributed by atoms with Crippen LogP contribution >= 0.6 is 0 Å². The average molecular weight is 321 g/mol. The Kier molecular flexibility index (Phi) is 7.77. The molecular weight excluding hydrogens is 297 g/mol. The normalized spacial score (nSPS) is 11.8. The Labute approximate surface area is 136 Å². The Morgan fingerprint density at radius 1 is 1.39 bits per heavy atom. The van der Waals surface area contributed by atoms with Crippen molar-refractivity contribution in [1.29, 1.82) is 0 Å². The second kappa shape index (κ2) is 9.31. The van der Waals surface area contributed by atoms with Gasteiger partial charge in [0.2, 0.25) is 5.91 Å². The molecular formula is C15H24BN3O4. The Hall–Kier alpha value is -1.87. The van der Waals surface area contributed by atoms with Crippen LogP contribution in [-0.4, -0.2) is 40.8 Å². The molecule has 0 heterocycles. The first-order chi connectivity index (χ1) is 10.9. The molecule has 0 spiro atoms. The van der Waals surface area contributed by atoms with Crippen LogP contribution in [0.4, 0.5) is 5.69 Å². The van der Waals surface area contributed by atoms with Gasteiger partial charge in [0, 0.05) is 5.46 Å². The van der Waals surface area contributed by atoms with Crippen LogP contribution in [-0.2, 0) is 11.2 Å². The zero-order valence-electron chi connectivity index (χ0n) is 13.0. The van der Waals surface area contributed by atoms with Gasteiger partial charge in [-0.2, -0.15) is 0 Å². The van der Waals surface area contributed by atoms with E-state index in [2.05, 4.69) is 11.9 Å². The summed E-state index contributed by atoms with van der Waals surface area (Å²) >= 11 is 0. The van der Waals surface area contributed by atoms with Crippen LogP contribution in [0.1, 0.15) is 24.8 Å². The molecule has 0 saturated carbocycles. The molecule has 7 nitrogen and oxygen atoms in total. The molecule has 1 aromatic rings. The third-order valence-electron chi connectivity index (χ3n) is 3.42. The van der Waals surface area contributed by atoms with Gasteiger partial charge in [-0.3, -0.25) is 4.79 Å². The average Bonchev–Trinajstić information content (AvgIpc) is 2.50. The molecule has 1 aromatic carbocycles. The molecule has 0 aromatic heterocycles. The summed E-state index contributed by atoms with van der Waals surface area (Å²) in [4.78, 5) is 12.1. The van der Waals surface area contributed by atoms with Gasteiger partial charge >= 0.3 is 7.12 Å². The van der Waals surface area contributed by atoms with E-state index in [-0.39, 0.29) is 11.2 Å². The molecule has 8 heteroatoms. The van der Waals surface area contributed by atoms with E-state index in [1.165, 1.54) is 6.07 Å². The first-order valence-corrected chi connectivity index (χ1v) is 7.50. The van der Waals surface area contributed by atoms with Gasteiger partial charge < -0.3 is 31.9 Å². The van der Waals surface area contributed by atoms with E-state index in [9.17, 15) is 19.9 Å². The number of rotatable bonds is 9. The first-order valence-electron chi connectivity index (χ1n) is 7.50. The number of amides is 1. The van der Waals surface area contributed by atoms with Crippen LogP contribution in [0.5, 0.6) is 5.75 Å². The highest BCUT2D eigenvalue weighted by Gasteiger charge is 2.22. The molecule has 0 aliphatic heterocycles. The van der Waals surface area contributed by atoms with Gasteiger partial charge in [0.1, 0.15) is 5.75 Å². The molecule has 0 saturated heterocycles. The number of phenolic OH excluding ortho intramolecular Hbond substituents is 1. The van der Waals surface area contributed by atoms with Gasteiger partial charge in [0.05, 0.1) is 11.7 Å². The third kappa shape index (κ3) is 5.68. The molecule has 1 unspecified atom stereocenters. The van der Waals surface area contributed by atoms with Crippen molar-refractivity contribution in [1.82, 2.24) is 0 Å². The quantitative estimate of drug-likeness (QED) is 0.152. The number of nitrogens with two attached hydrogens (primary N) is 2. The van der Waals surface area contributed by atoms with Gasteiger partial charge in [0.25, 0.3) is 0 Å². The van der Waals surface area contributed by atoms with E-state index in [1.807, 2.05) is 0 Å². The predicted molar refractivity (Wildman–Crippen MR) is 91.3 cm³/mol. The summed E-state index contributed by atoms with van der Waals surface area (Å²) in [5.41, 5.74) is 11.9. The van der Waals surface area contributed by atoms with Crippen molar-refractivity contribution in [2.75, 3.05) is 11.9 Å². The number of aromatic hydroxyl groups is 1. The molecule has 1 rings (SSSR count). The molecule has 8 N–H and O–H groups in total. The summed E-state index contributed by atoms with van der Waals surface area (Å²) in [6, 6.07) is 2.26. The number of phenols is 1. The lowest BCUT2D eigenvalue weighted by atomic mass is 9.78. The number of unbranched alkanes of at least 4 members (excludes halogenated alkanes) is 1. The minimum atomic E-state index is -1.85. The molecule has 0 aliphatic carbocycles. The minimum Gasteiger partial charge on any atom is -0.506 e. The van der Waals surface area contributed by atoms with Gasteiger partial charge in [-0.15, -0.1) is 6.58 Å². The van der Waals surface area contributed by atoms with Crippen LogP contribution in [0.3, 0.4) is 0 Å². The lowest BCUT2D eigenvalue weighted by Gasteiger charge is -2.16. The highest BCUT2D eigenvalue weighted by atomic mass is 16.4. The molecule has 1 atom stereocenters. The Morgan fingerprint density at radius 3 is 2.65 bits per heavy atom. The zero-order valence-corrected chi connectivity index (χ0v) is 13.0. The number of benzene rings is 1. The predicted octanol–water partition coefficient (Wildman–Crippen LogP) is -0.805. The Bertz CT molecular complexity index is 552. The zero-order chi connectivity index (χ0) is 17.4. The number of carbonyl (C=O) groups is 1. The maximum atomic E-state index is 12.1. The molecule has 0 aliphatic rings. The van der Waals surface area contributed by atoms with Crippen LogP contribution in [0.15, 0.2) is 24.8 Å². The maximum Gasteiger partial charge on any atom is 0.492 e. The summed E-state index contributed by atoms with van der Waals surface area (Å²) in [6.45, 7) is 4.15. The summed E-state index contributed by atoms with van der Waals surface area (Å²) in [7, 11) is -1.85. The topological polar surface area (TPSA) is 142 Å². The second-order valence-electron chi connectivity index (χ2n) is 5.33. The fraction of sp³-hybridized carbons (Fsp3) is 0.400. The van der Waals surface area contributed by atoms with Crippen molar-refractivity contribution in [3.63, 3.8) is 0 Å². The fourth-order valence-corrected chi connectivity index (χ4v) is 2.16. The number of carbonyl (C=O) groups excluding carboxylic acids is 1. The van der Waals surface area contributed by atoms with Crippen LogP contribution in [0, 0.1) is 0 Å². The SMILES string of the molecule is C=CCc1cc(NC(=O)C(N)CCCCN)c(O)c(B(O)O)c1. The third-order valence-corrected chi connectivity index (χ3v) is 3.42. The summed E-state index contributed by atoms with van der Waals surface area (Å²) < 4.78 is 0. The van der Waals surface area contributed by atoms with E-state index in [1.54, 1.807) is 12.1 Å². The van der Waals surface area contributed by atoms with E-state index >= 15 is 0 Å². The highest BCUT2D eigenvalue weighted by molar-refractivity contribution is 6.60. The maximum absolute atomic E-state index is 12.1. The van der Waals surface area contributed by atoms with Crippen LogP contribution in [0.25, 0.3) is 0 Å². The molecule has 1 amide bonds. The number of nitrogens with one attached hydrogen (secondary N) is 1. The van der Waals surface area contributed by atoms with Crippen molar-refractivity contribution in [3.05, 3.63) is 30.4 Å². The number of hydrogen-bond acceptors (Lipinski definition) is 6. The smallest absolute Gasteiger partial charge is 0.492 e. The van der Waals surface area contributed by atoms with Crippen molar-refractivity contribution in [2.45, 2.75) is 31.7 Å². The molecule has 0 bridgehead atoms. The van der Waals surface area contributed by atoms with E-state index in [0.29, 0.717) is 24.9 Å². The summed E-state index contributed by atoms with van der Waals surface area (Å²) in [6.07, 6.45) is 4.07. The lowest BCUT2D eigenvalue weighted by molar-refractivity contribution is -0.117. The molecule has 0 fully saturated rings. The van der Waals surface area contributed by atoms with E-state index in [0.717, 1.165) is 12.8 Å². The second-order valence-corrected chi connectivity index (χ2v) is 5.33. The largest absolute Gasteiger partial charge is 0.506 e. The summed E-state index contributed by atoms with van der Waals surface area (Å²) in [5.74, 6) is -0.846. The monoisotopic (exact) mass is 321 g/mol. The standard InChI is InChI=1S/C15H24BN3O4/c1-2-5-10-8-11(16(22)23)14(20)13(9-10)19-15(21)12(18)6-3-4-7-17/h2,8-9,12,20,22-23H,1,3-7,17-18H2,(H,19,21). The van der Waals surface area contributed by atoms with Crippen molar-refractivity contribution in [2.24, 2.45) is 11.5 Å². The number of hydrogen-bond donors (Lipinski definition) is 6. The van der Waals surface area contributed by atoms with E-state index < -0.39 is 24.8 Å². The Balaban J connectivity index is 2.93. The van der Waals surface area contributed by atoms with Gasteiger partial charge in [-0.1, -0.05) is 18.6 Å². The molecule has 23 heavy (non-hydrogen) atoms. The highest BCUT2D eigenvalue weighted by Crippen LogP contribution is 2.23. The number of allylic oxidation sites excluding steroid dienone is 1. The minimum absolute atomic E-state index is 0.0867. The first kappa shape index (κ1) is 19.2. The lowest BCUT2D eigenvalue weighted by Crippen LogP contribution is -2.36.